The Balaban J connectivity index is 1.49. The van der Waals surface area contributed by atoms with Crippen molar-refractivity contribution in [3.05, 3.63) is 27.7 Å². The largest absolute Gasteiger partial charge is 0.506 e. The fourth-order valence-electron chi connectivity index (χ4n) is 3.22. The third-order valence-electron chi connectivity index (χ3n) is 4.80. The van der Waals surface area contributed by atoms with Gasteiger partial charge in [0.2, 0.25) is 0 Å². The summed E-state index contributed by atoms with van der Waals surface area (Å²) >= 11 is 11.8. The third kappa shape index (κ3) is 5.18. The molecule has 0 aromatic heterocycles. The molecule has 3 rings (SSSR count). The van der Waals surface area contributed by atoms with Crippen LogP contribution in [0.5, 0.6) is 5.75 Å². The normalized spacial score (nSPS) is 19.0. The lowest BCUT2D eigenvalue weighted by molar-refractivity contribution is -0.0122. The average Bonchev–Trinajstić information content (AvgIpc) is 2.66. The van der Waals surface area contributed by atoms with Crippen molar-refractivity contribution in [2.45, 2.75) is 37.8 Å². The number of amides is 2. The zero-order chi connectivity index (χ0) is 19.4. The molecular formula is C18H22Cl2N2O5. The molecule has 0 saturated carbocycles. The van der Waals surface area contributed by atoms with Crippen molar-refractivity contribution in [2.75, 3.05) is 26.3 Å². The van der Waals surface area contributed by atoms with Crippen LogP contribution in [0, 0.1) is 0 Å². The van der Waals surface area contributed by atoms with Gasteiger partial charge in [0.05, 0.1) is 23.8 Å². The van der Waals surface area contributed by atoms with Gasteiger partial charge in [0.15, 0.2) is 0 Å². The number of aromatic hydroxyl groups is 1. The number of halogens is 2. The molecule has 2 fully saturated rings. The van der Waals surface area contributed by atoms with Crippen LogP contribution in [0.3, 0.4) is 0 Å². The Labute approximate surface area is 167 Å². The number of nitrogens with one attached hydrogen (secondary N) is 1. The number of benzene rings is 1. The number of hydrogen-bond donors (Lipinski definition) is 2. The van der Waals surface area contributed by atoms with E-state index in [-0.39, 0.29) is 39.6 Å². The summed E-state index contributed by atoms with van der Waals surface area (Å²) in [5.74, 6) is -0.740. The Kier molecular flexibility index (Phi) is 6.68. The summed E-state index contributed by atoms with van der Waals surface area (Å²) in [7, 11) is 0. The summed E-state index contributed by atoms with van der Waals surface area (Å²) < 4.78 is 10.8. The molecule has 0 bridgehead atoms. The van der Waals surface area contributed by atoms with Crippen molar-refractivity contribution in [2.24, 2.45) is 0 Å². The van der Waals surface area contributed by atoms with E-state index in [0.717, 1.165) is 12.8 Å². The van der Waals surface area contributed by atoms with Crippen molar-refractivity contribution in [1.82, 2.24) is 10.2 Å². The highest BCUT2D eigenvalue weighted by Crippen LogP contribution is 2.31. The first kappa shape index (κ1) is 20.0. The van der Waals surface area contributed by atoms with E-state index >= 15 is 0 Å². The average molecular weight is 417 g/mol. The van der Waals surface area contributed by atoms with Gasteiger partial charge in [-0.15, -0.1) is 0 Å². The van der Waals surface area contributed by atoms with Crippen LogP contribution in [0.15, 0.2) is 12.1 Å². The van der Waals surface area contributed by atoms with Gasteiger partial charge in [-0.3, -0.25) is 4.79 Å². The van der Waals surface area contributed by atoms with Gasteiger partial charge in [-0.05, 0) is 25.0 Å². The fourth-order valence-corrected chi connectivity index (χ4v) is 3.71. The molecule has 0 radical (unpaired) electrons. The van der Waals surface area contributed by atoms with E-state index in [0.29, 0.717) is 39.1 Å². The number of rotatable bonds is 3. The Bertz CT molecular complexity index is 701. The van der Waals surface area contributed by atoms with Gasteiger partial charge in [-0.1, -0.05) is 23.2 Å². The molecule has 2 amide bonds. The predicted molar refractivity (Wildman–Crippen MR) is 101 cm³/mol. The summed E-state index contributed by atoms with van der Waals surface area (Å²) in [5.41, 5.74) is 0.0360. The van der Waals surface area contributed by atoms with E-state index in [1.807, 2.05) is 0 Å². The maximum Gasteiger partial charge on any atom is 0.410 e. The molecule has 27 heavy (non-hydrogen) atoms. The number of ether oxygens (including phenoxy) is 2. The second kappa shape index (κ2) is 8.99. The highest BCUT2D eigenvalue weighted by atomic mass is 35.5. The lowest BCUT2D eigenvalue weighted by atomic mass is 10.0. The molecule has 148 valence electrons. The SMILES string of the molecule is O=C(NC1CCN(C(=O)OC2CCOCC2)CC1)c1cc(Cl)cc(Cl)c1O. The summed E-state index contributed by atoms with van der Waals surface area (Å²) in [6, 6.07) is 2.64. The van der Waals surface area contributed by atoms with Crippen molar-refractivity contribution < 1.29 is 24.2 Å². The quantitative estimate of drug-likeness (QED) is 0.789. The van der Waals surface area contributed by atoms with E-state index in [1.54, 1.807) is 4.90 Å². The van der Waals surface area contributed by atoms with E-state index in [4.69, 9.17) is 32.7 Å². The highest BCUT2D eigenvalue weighted by molar-refractivity contribution is 6.36. The van der Waals surface area contributed by atoms with Crippen LogP contribution >= 0.6 is 23.2 Å². The lowest BCUT2D eigenvalue weighted by Gasteiger charge is -2.33. The maximum atomic E-state index is 12.4. The Morgan fingerprint density at radius 2 is 1.81 bits per heavy atom. The molecule has 2 heterocycles. The first-order valence-corrected chi connectivity index (χ1v) is 9.72. The van der Waals surface area contributed by atoms with Gasteiger partial charge in [-0.2, -0.15) is 0 Å². The first-order valence-electron chi connectivity index (χ1n) is 8.96. The molecule has 9 heteroatoms. The van der Waals surface area contributed by atoms with Gasteiger partial charge in [0, 0.05) is 37.0 Å². The van der Waals surface area contributed by atoms with Crippen molar-refractivity contribution >= 4 is 35.2 Å². The molecule has 0 spiro atoms. The fraction of sp³-hybridized carbons (Fsp3) is 0.556. The number of likely N-dealkylation sites (tertiary alicyclic amines) is 1. The molecule has 7 nitrogen and oxygen atoms in total. The molecule has 0 atom stereocenters. The van der Waals surface area contributed by atoms with E-state index in [9.17, 15) is 14.7 Å². The van der Waals surface area contributed by atoms with Gasteiger partial charge in [-0.25, -0.2) is 4.79 Å². The van der Waals surface area contributed by atoms with Crippen molar-refractivity contribution in [1.29, 1.82) is 0 Å². The highest BCUT2D eigenvalue weighted by Gasteiger charge is 2.28. The van der Waals surface area contributed by atoms with Crippen LogP contribution in [-0.4, -0.2) is 60.5 Å². The minimum absolute atomic E-state index is 0.0262. The van der Waals surface area contributed by atoms with E-state index < -0.39 is 5.91 Å². The topological polar surface area (TPSA) is 88.1 Å². The predicted octanol–water partition coefficient (Wildman–Crippen LogP) is 3.21. The molecule has 1 aromatic carbocycles. The summed E-state index contributed by atoms with van der Waals surface area (Å²) in [4.78, 5) is 26.3. The standard InChI is InChI=1S/C18H22Cl2N2O5/c19-11-9-14(16(23)15(20)10-11)17(24)21-12-1-5-22(6-2-12)18(25)27-13-3-7-26-8-4-13/h9-10,12-13,23H,1-8H2,(H,21,24). The minimum Gasteiger partial charge on any atom is -0.506 e. The van der Waals surface area contributed by atoms with Crippen molar-refractivity contribution in [3.63, 3.8) is 0 Å². The number of carbonyl (C=O) groups excluding carboxylic acids is 2. The Morgan fingerprint density at radius 1 is 1.15 bits per heavy atom. The molecule has 1 aromatic rings. The number of piperidine rings is 1. The monoisotopic (exact) mass is 416 g/mol. The second-order valence-electron chi connectivity index (χ2n) is 6.71. The zero-order valence-electron chi connectivity index (χ0n) is 14.7. The lowest BCUT2D eigenvalue weighted by Crippen LogP contribution is -2.47. The number of phenolic OH excluding ortho intramolecular Hbond substituents is 1. The molecule has 0 unspecified atom stereocenters. The number of carbonyl (C=O) groups is 2. The van der Waals surface area contributed by atoms with E-state index in [1.165, 1.54) is 12.1 Å². The summed E-state index contributed by atoms with van der Waals surface area (Å²) in [5, 5.41) is 13.1. The number of hydrogen-bond acceptors (Lipinski definition) is 5. The van der Waals surface area contributed by atoms with Crippen LogP contribution in [-0.2, 0) is 9.47 Å². The number of nitrogens with zero attached hydrogens (tertiary/aromatic N) is 1. The molecule has 2 aliphatic heterocycles. The molecule has 0 aliphatic carbocycles. The Hall–Kier alpha value is -1.70. The molecule has 2 saturated heterocycles. The first-order chi connectivity index (χ1) is 12.9. The maximum absolute atomic E-state index is 12.4. The van der Waals surface area contributed by atoms with Crippen LogP contribution in [0.25, 0.3) is 0 Å². The number of phenols is 1. The molecule has 2 aliphatic rings. The van der Waals surface area contributed by atoms with E-state index in [2.05, 4.69) is 5.32 Å². The minimum atomic E-state index is -0.444. The zero-order valence-corrected chi connectivity index (χ0v) is 16.3. The van der Waals surface area contributed by atoms with Crippen molar-refractivity contribution in [3.8, 4) is 5.75 Å². The van der Waals surface area contributed by atoms with Gasteiger partial charge in [0.25, 0.3) is 5.91 Å². The van der Waals surface area contributed by atoms with Crippen LogP contribution in [0.1, 0.15) is 36.0 Å². The van der Waals surface area contributed by atoms with Crippen LogP contribution in [0.4, 0.5) is 4.79 Å². The van der Waals surface area contributed by atoms with Gasteiger partial charge in [0.1, 0.15) is 11.9 Å². The molecule has 2 N–H and O–H groups in total. The summed E-state index contributed by atoms with van der Waals surface area (Å²) in [6.45, 7) is 2.23. The third-order valence-corrected chi connectivity index (χ3v) is 5.30. The Morgan fingerprint density at radius 3 is 2.48 bits per heavy atom. The second-order valence-corrected chi connectivity index (χ2v) is 7.56. The summed E-state index contributed by atoms with van der Waals surface area (Å²) in [6.07, 6.45) is 2.26. The van der Waals surface area contributed by atoms with Crippen LogP contribution in [0.2, 0.25) is 10.0 Å². The molecular weight excluding hydrogens is 395 g/mol. The van der Waals surface area contributed by atoms with Crippen LogP contribution < -0.4 is 5.32 Å². The smallest absolute Gasteiger partial charge is 0.410 e. The van der Waals surface area contributed by atoms with Gasteiger partial charge >= 0.3 is 6.09 Å². The van der Waals surface area contributed by atoms with Gasteiger partial charge < -0.3 is 24.8 Å².